The van der Waals surface area contributed by atoms with E-state index in [-0.39, 0.29) is 12.1 Å². The summed E-state index contributed by atoms with van der Waals surface area (Å²) in [4.78, 5) is 11.3. The standard InChI is InChI=1S/C18H24O3/c1-13(19)21-18-8-3-2-7-17(18)15-5-4-6-16(11-15)20-12-14-9-10-14/h4-6,11,14,17-18H,2-3,7-10,12H2,1H3/t17-,18+/m0/s1. The summed E-state index contributed by atoms with van der Waals surface area (Å²) in [6, 6.07) is 8.35. The molecule has 21 heavy (non-hydrogen) atoms. The second-order valence-electron chi connectivity index (χ2n) is 6.37. The zero-order valence-corrected chi connectivity index (χ0v) is 12.7. The molecule has 3 rings (SSSR count). The summed E-state index contributed by atoms with van der Waals surface area (Å²) in [7, 11) is 0. The number of rotatable bonds is 5. The van der Waals surface area contributed by atoms with Gasteiger partial charge in [0.05, 0.1) is 6.61 Å². The molecule has 0 unspecified atom stereocenters. The van der Waals surface area contributed by atoms with E-state index in [1.807, 2.05) is 6.07 Å². The zero-order chi connectivity index (χ0) is 14.7. The van der Waals surface area contributed by atoms with E-state index in [0.29, 0.717) is 5.92 Å². The van der Waals surface area contributed by atoms with Crippen LogP contribution in [-0.2, 0) is 9.53 Å². The van der Waals surface area contributed by atoms with Gasteiger partial charge in [-0.15, -0.1) is 0 Å². The highest BCUT2D eigenvalue weighted by molar-refractivity contribution is 5.66. The molecule has 2 aliphatic rings. The lowest BCUT2D eigenvalue weighted by atomic mass is 9.81. The molecule has 0 N–H and O–H groups in total. The van der Waals surface area contributed by atoms with Crippen LogP contribution in [0.4, 0.5) is 0 Å². The molecule has 2 aliphatic carbocycles. The number of carbonyl (C=O) groups excluding carboxylic acids is 1. The molecule has 3 heteroatoms. The lowest BCUT2D eigenvalue weighted by Gasteiger charge is -2.31. The first kappa shape index (κ1) is 14.4. The minimum atomic E-state index is -0.173. The maximum Gasteiger partial charge on any atom is 0.302 e. The van der Waals surface area contributed by atoms with Gasteiger partial charge >= 0.3 is 5.97 Å². The largest absolute Gasteiger partial charge is 0.493 e. The van der Waals surface area contributed by atoms with Gasteiger partial charge in [0, 0.05) is 12.8 Å². The molecule has 0 bridgehead atoms. The monoisotopic (exact) mass is 288 g/mol. The Bertz CT molecular complexity index is 493. The number of ether oxygens (including phenoxy) is 2. The van der Waals surface area contributed by atoms with Gasteiger partial charge in [0.25, 0.3) is 0 Å². The minimum Gasteiger partial charge on any atom is -0.493 e. The lowest BCUT2D eigenvalue weighted by molar-refractivity contribution is -0.148. The second-order valence-corrected chi connectivity index (χ2v) is 6.37. The Kier molecular flexibility index (Phi) is 4.47. The molecule has 0 radical (unpaired) electrons. The van der Waals surface area contributed by atoms with Crippen molar-refractivity contribution >= 4 is 5.97 Å². The first-order valence-electron chi connectivity index (χ1n) is 8.12. The maximum atomic E-state index is 11.3. The van der Waals surface area contributed by atoms with Gasteiger partial charge in [0.2, 0.25) is 0 Å². The fraction of sp³-hybridized carbons (Fsp3) is 0.611. The van der Waals surface area contributed by atoms with Crippen LogP contribution in [-0.4, -0.2) is 18.7 Å². The van der Waals surface area contributed by atoms with Crippen molar-refractivity contribution in [3.05, 3.63) is 29.8 Å². The fourth-order valence-corrected chi connectivity index (χ4v) is 3.17. The van der Waals surface area contributed by atoms with Crippen LogP contribution in [0.3, 0.4) is 0 Å². The smallest absolute Gasteiger partial charge is 0.302 e. The van der Waals surface area contributed by atoms with Crippen molar-refractivity contribution in [1.82, 2.24) is 0 Å². The van der Waals surface area contributed by atoms with Gasteiger partial charge in [-0.05, 0) is 55.7 Å². The number of carbonyl (C=O) groups is 1. The van der Waals surface area contributed by atoms with Gasteiger partial charge in [-0.1, -0.05) is 18.6 Å². The molecule has 2 saturated carbocycles. The quantitative estimate of drug-likeness (QED) is 0.766. The third-order valence-electron chi connectivity index (χ3n) is 4.49. The SMILES string of the molecule is CC(=O)O[C@@H]1CCCC[C@H]1c1cccc(OCC2CC2)c1. The van der Waals surface area contributed by atoms with Crippen LogP contribution in [0.15, 0.2) is 24.3 Å². The number of benzene rings is 1. The van der Waals surface area contributed by atoms with Crippen molar-refractivity contribution in [1.29, 1.82) is 0 Å². The average molecular weight is 288 g/mol. The molecule has 1 aromatic carbocycles. The molecule has 0 saturated heterocycles. The summed E-state index contributed by atoms with van der Waals surface area (Å²) in [5, 5.41) is 0. The molecule has 1 aromatic rings. The third-order valence-corrected chi connectivity index (χ3v) is 4.49. The van der Waals surface area contributed by atoms with Crippen LogP contribution < -0.4 is 4.74 Å². The molecular formula is C18H24O3. The van der Waals surface area contributed by atoms with Crippen LogP contribution in [0.25, 0.3) is 0 Å². The summed E-state index contributed by atoms with van der Waals surface area (Å²) in [6.07, 6.45) is 7.03. The Balaban J connectivity index is 1.70. The number of hydrogen-bond donors (Lipinski definition) is 0. The Morgan fingerprint density at radius 1 is 1.19 bits per heavy atom. The molecule has 2 atom stereocenters. The van der Waals surface area contributed by atoms with Crippen molar-refractivity contribution in [3.63, 3.8) is 0 Å². The Hall–Kier alpha value is -1.51. The summed E-state index contributed by atoms with van der Waals surface area (Å²) < 4.78 is 11.4. The van der Waals surface area contributed by atoms with Crippen molar-refractivity contribution in [3.8, 4) is 5.75 Å². The van der Waals surface area contributed by atoms with Gasteiger partial charge < -0.3 is 9.47 Å². The zero-order valence-electron chi connectivity index (χ0n) is 12.7. The molecule has 0 spiro atoms. The Morgan fingerprint density at radius 3 is 2.76 bits per heavy atom. The average Bonchev–Trinajstić information content (AvgIpc) is 3.30. The van der Waals surface area contributed by atoms with E-state index < -0.39 is 0 Å². The molecule has 0 aliphatic heterocycles. The number of esters is 1. The molecule has 0 heterocycles. The third kappa shape index (κ3) is 3.99. The van der Waals surface area contributed by atoms with Crippen LogP contribution >= 0.6 is 0 Å². The van der Waals surface area contributed by atoms with Crippen molar-refractivity contribution < 1.29 is 14.3 Å². The maximum absolute atomic E-state index is 11.3. The molecule has 2 fully saturated rings. The minimum absolute atomic E-state index is 0.0231. The van der Waals surface area contributed by atoms with Crippen molar-refractivity contribution in [2.24, 2.45) is 5.92 Å². The van der Waals surface area contributed by atoms with E-state index in [9.17, 15) is 4.79 Å². The summed E-state index contributed by atoms with van der Waals surface area (Å²) in [5.74, 6) is 1.85. The predicted octanol–water partition coefficient (Wildman–Crippen LogP) is 4.06. The van der Waals surface area contributed by atoms with Gasteiger partial charge in [0.1, 0.15) is 11.9 Å². The highest BCUT2D eigenvalue weighted by atomic mass is 16.5. The first-order valence-corrected chi connectivity index (χ1v) is 8.12. The molecule has 0 aromatic heterocycles. The summed E-state index contributed by atoms with van der Waals surface area (Å²) in [5.41, 5.74) is 1.24. The molecule has 3 nitrogen and oxygen atoms in total. The van der Waals surface area contributed by atoms with Crippen LogP contribution in [0.1, 0.15) is 56.9 Å². The fourth-order valence-electron chi connectivity index (χ4n) is 3.17. The predicted molar refractivity (Wildman–Crippen MR) is 81.4 cm³/mol. The van der Waals surface area contributed by atoms with Crippen molar-refractivity contribution in [2.45, 2.75) is 57.5 Å². The Morgan fingerprint density at radius 2 is 2.00 bits per heavy atom. The van der Waals surface area contributed by atoms with Crippen molar-refractivity contribution in [2.75, 3.05) is 6.61 Å². The van der Waals surface area contributed by atoms with E-state index >= 15 is 0 Å². The van der Waals surface area contributed by atoms with E-state index in [2.05, 4.69) is 18.2 Å². The van der Waals surface area contributed by atoms with Gasteiger partial charge in [-0.2, -0.15) is 0 Å². The highest BCUT2D eigenvalue weighted by Crippen LogP contribution is 2.36. The van der Waals surface area contributed by atoms with Gasteiger partial charge in [0.15, 0.2) is 0 Å². The summed E-state index contributed by atoms with van der Waals surface area (Å²) in [6.45, 7) is 2.34. The van der Waals surface area contributed by atoms with E-state index in [4.69, 9.17) is 9.47 Å². The van der Waals surface area contributed by atoms with E-state index in [1.165, 1.54) is 31.7 Å². The Labute approximate surface area is 126 Å². The van der Waals surface area contributed by atoms with Crippen LogP contribution in [0.5, 0.6) is 5.75 Å². The molecule has 114 valence electrons. The van der Waals surface area contributed by atoms with Crippen LogP contribution in [0.2, 0.25) is 0 Å². The molecule has 0 amide bonds. The van der Waals surface area contributed by atoms with Crippen LogP contribution in [0, 0.1) is 5.92 Å². The van der Waals surface area contributed by atoms with Gasteiger partial charge in [-0.3, -0.25) is 4.79 Å². The molecular weight excluding hydrogens is 264 g/mol. The lowest BCUT2D eigenvalue weighted by Crippen LogP contribution is -2.27. The first-order chi connectivity index (χ1) is 10.2. The summed E-state index contributed by atoms with van der Waals surface area (Å²) >= 11 is 0. The van der Waals surface area contributed by atoms with Gasteiger partial charge in [-0.25, -0.2) is 0 Å². The highest BCUT2D eigenvalue weighted by Gasteiger charge is 2.29. The number of hydrogen-bond acceptors (Lipinski definition) is 3. The second kappa shape index (κ2) is 6.50. The topological polar surface area (TPSA) is 35.5 Å². The van der Waals surface area contributed by atoms with E-state index in [1.54, 1.807) is 0 Å². The normalized spacial score (nSPS) is 25.4. The van der Waals surface area contributed by atoms with E-state index in [0.717, 1.165) is 37.5 Å².